The van der Waals surface area contributed by atoms with E-state index in [1.54, 1.807) is 30.0 Å². The molecule has 2 aliphatic rings. The van der Waals surface area contributed by atoms with Crippen molar-refractivity contribution in [2.45, 2.75) is 19.4 Å². The number of carboxylic acids is 1. The molecule has 2 unspecified atom stereocenters. The van der Waals surface area contributed by atoms with Crippen LogP contribution in [0.1, 0.15) is 23.7 Å². The van der Waals surface area contributed by atoms with E-state index in [1.807, 2.05) is 0 Å². The zero-order valence-electron chi connectivity index (χ0n) is 11.0. The van der Waals surface area contributed by atoms with Crippen LogP contribution in [0.4, 0.5) is 0 Å². The lowest BCUT2D eigenvalue weighted by atomic mass is 10.0. The molecule has 1 fully saturated rings. The Kier molecular flexibility index (Phi) is 3.00. The fourth-order valence-electron chi connectivity index (χ4n) is 2.75. The fraction of sp³-hybridized carbons (Fsp3) is 0.429. The molecule has 1 N–H and O–H groups in total. The highest BCUT2D eigenvalue weighted by Gasteiger charge is 2.38. The summed E-state index contributed by atoms with van der Waals surface area (Å²) in [5, 5.41) is 9.11. The second kappa shape index (κ2) is 4.70. The summed E-state index contributed by atoms with van der Waals surface area (Å²) in [7, 11) is 0. The first kappa shape index (κ1) is 12.8. The van der Waals surface area contributed by atoms with Gasteiger partial charge in [-0.05, 0) is 31.5 Å². The Balaban J connectivity index is 1.81. The van der Waals surface area contributed by atoms with Gasteiger partial charge < -0.3 is 19.5 Å². The summed E-state index contributed by atoms with van der Waals surface area (Å²) in [5.41, 5.74) is 0.493. The highest BCUT2D eigenvalue weighted by Crippen LogP contribution is 2.34. The number of likely N-dealkylation sites (tertiary alicyclic amines) is 1. The second-order valence-electron chi connectivity index (χ2n) is 5.04. The number of carbonyl (C=O) groups excluding carboxylic acids is 1. The number of nitrogens with zero attached hydrogens (tertiary/aromatic N) is 1. The minimum absolute atomic E-state index is 0.161. The molecule has 0 radical (unpaired) electrons. The Labute approximate surface area is 115 Å². The van der Waals surface area contributed by atoms with Crippen LogP contribution in [0.15, 0.2) is 18.2 Å². The molecule has 2 atom stereocenters. The number of benzene rings is 1. The van der Waals surface area contributed by atoms with Crippen LogP contribution in [-0.4, -0.2) is 41.3 Å². The van der Waals surface area contributed by atoms with Gasteiger partial charge in [0.2, 0.25) is 6.79 Å². The van der Waals surface area contributed by atoms with Gasteiger partial charge in [-0.3, -0.25) is 9.59 Å². The molecule has 2 heterocycles. The number of ether oxygens (including phenoxy) is 2. The highest BCUT2D eigenvalue weighted by atomic mass is 16.7. The SMILES string of the molecule is CC1C(C(=O)O)CCN1C(=O)c1ccc2c(c1)OCO2. The lowest BCUT2D eigenvalue weighted by molar-refractivity contribution is -0.142. The topological polar surface area (TPSA) is 76.1 Å². The molecule has 106 valence electrons. The maximum Gasteiger partial charge on any atom is 0.308 e. The van der Waals surface area contributed by atoms with E-state index in [1.165, 1.54) is 0 Å². The van der Waals surface area contributed by atoms with Crippen molar-refractivity contribution in [3.8, 4) is 11.5 Å². The number of fused-ring (bicyclic) bond motifs is 1. The molecule has 1 aromatic rings. The summed E-state index contributed by atoms with van der Waals surface area (Å²) in [6.45, 7) is 2.40. The Morgan fingerprint density at radius 3 is 2.75 bits per heavy atom. The zero-order chi connectivity index (χ0) is 14.3. The van der Waals surface area contributed by atoms with E-state index in [-0.39, 0.29) is 18.7 Å². The average Bonchev–Trinajstić information content (AvgIpc) is 3.03. The van der Waals surface area contributed by atoms with Crippen molar-refractivity contribution < 1.29 is 24.2 Å². The molecule has 6 nitrogen and oxygen atoms in total. The van der Waals surface area contributed by atoms with Crippen LogP contribution in [0.5, 0.6) is 11.5 Å². The van der Waals surface area contributed by atoms with Gasteiger partial charge in [0.05, 0.1) is 5.92 Å². The maximum atomic E-state index is 12.5. The maximum absolute atomic E-state index is 12.5. The normalized spacial score (nSPS) is 23.9. The molecule has 20 heavy (non-hydrogen) atoms. The van der Waals surface area contributed by atoms with Crippen molar-refractivity contribution in [2.75, 3.05) is 13.3 Å². The number of aliphatic carboxylic acids is 1. The minimum atomic E-state index is -0.849. The highest BCUT2D eigenvalue weighted by molar-refractivity contribution is 5.95. The number of hydrogen-bond acceptors (Lipinski definition) is 4. The number of hydrogen-bond donors (Lipinski definition) is 1. The van der Waals surface area contributed by atoms with Gasteiger partial charge in [0, 0.05) is 18.2 Å². The van der Waals surface area contributed by atoms with Crippen molar-refractivity contribution in [2.24, 2.45) is 5.92 Å². The molecule has 0 aromatic heterocycles. The third-order valence-corrected chi connectivity index (χ3v) is 3.95. The molecule has 0 spiro atoms. The van der Waals surface area contributed by atoms with Gasteiger partial charge >= 0.3 is 5.97 Å². The third kappa shape index (κ3) is 1.97. The first-order valence-corrected chi connectivity index (χ1v) is 6.51. The zero-order valence-corrected chi connectivity index (χ0v) is 11.0. The predicted octanol–water partition coefficient (Wildman–Crippen LogP) is 1.35. The van der Waals surface area contributed by atoms with E-state index in [0.29, 0.717) is 30.0 Å². The number of amides is 1. The number of rotatable bonds is 2. The predicted molar refractivity (Wildman–Crippen MR) is 68.8 cm³/mol. The first-order chi connectivity index (χ1) is 9.58. The lowest BCUT2D eigenvalue weighted by Crippen LogP contribution is -2.37. The lowest BCUT2D eigenvalue weighted by Gasteiger charge is -2.23. The van der Waals surface area contributed by atoms with E-state index in [9.17, 15) is 9.59 Å². The smallest absolute Gasteiger partial charge is 0.308 e. The Bertz CT molecular complexity index is 571. The molecule has 0 bridgehead atoms. The van der Waals surface area contributed by atoms with Crippen LogP contribution in [0.25, 0.3) is 0 Å². The summed E-state index contributed by atoms with van der Waals surface area (Å²) >= 11 is 0. The van der Waals surface area contributed by atoms with Crippen molar-refractivity contribution in [1.29, 1.82) is 0 Å². The molecule has 0 aliphatic carbocycles. The van der Waals surface area contributed by atoms with E-state index < -0.39 is 11.9 Å². The monoisotopic (exact) mass is 277 g/mol. The molecular formula is C14H15NO5. The standard InChI is InChI=1S/C14H15NO5/c1-8-10(14(17)18)4-5-15(8)13(16)9-2-3-11-12(6-9)20-7-19-11/h2-3,6,8,10H,4-5,7H2,1H3,(H,17,18). The Hall–Kier alpha value is -2.24. The first-order valence-electron chi connectivity index (χ1n) is 6.51. The van der Waals surface area contributed by atoms with E-state index >= 15 is 0 Å². The summed E-state index contributed by atoms with van der Waals surface area (Å²) in [6.07, 6.45) is 0.493. The molecule has 6 heteroatoms. The molecule has 3 rings (SSSR count). The van der Waals surface area contributed by atoms with Gasteiger partial charge in [-0.1, -0.05) is 0 Å². The van der Waals surface area contributed by atoms with E-state index in [0.717, 1.165) is 0 Å². The van der Waals surface area contributed by atoms with Gasteiger partial charge in [0.1, 0.15) is 0 Å². The van der Waals surface area contributed by atoms with E-state index in [2.05, 4.69) is 0 Å². The number of carboxylic acid groups (broad SMARTS) is 1. The van der Waals surface area contributed by atoms with Crippen LogP contribution in [0, 0.1) is 5.92 Å². The van der Waals surface area contributed by atoms with Gasteiger partial charge in [0.25, 0.3) is 5.91 Å². The molecular weight excluding hydrogens is 262 g/mol. The van der Waals surface area contributed by atoms with E-state index in [4.69, 9.17) is 14.6 Å². The van der Waals surface area contributed by atoms with Crippen LogP contribution < -0.4 is 9.47 Å². The summed E-state index contributed by atoms with van der Waals surface area (Å²) < 4.78 is 10.5. The van der Waals surface area contributed by atoms with Crippen LogP contribution in [0.2, 0.25) is 0 Å². The number of carbonyl (C=O) groups is 2. The van der Waals surface area contributed by atoms with Gasteiger partial charge in [0.15, 0.2) is 11.5 Å². The Morgan fingerprint density at radius 1 is 1.30 bits per heavy atom. The largest absolute Gasteiger partial charge is 0.481 e. The summed E-state index contributed by atoms with van der Waals surface area (Å²) in [5.74, 6) is -0.331. The molecule has 0 saturated carbocycles. The van der Waals surface area contributed by atoms with Crippen LogP contribution in [-0.2, 0) is 4.79 Å². The molecule has 1 amide bonds. The molecule has 1 saturated heterocycles. The molecule has 1 aromatic carbocycles. The summed E-state index contributed by atoms with van der Waals surface area (Å²) in [6, 6.07) is 4.72. The Morgan fingerprint density at radius 2 is 2.05 bits per heavy atom. The minimum Gasteiger partial charge on any atom is -0.481 e. The van der Waals surface area contributed by atoms with Gasteiger partial charge in [-0.2, -0.15) is 0 Å². The summed E-state index contributed by atoms with van der Waals surface area (Å²) in [4.78, 5) is 25.2. The van der Waals surface area contributed by atoms with Crippen molar-refractivity contribution in [3.05, 3.63) is 23.8 Å². The third-order valence-electron chi connectivity index (χ3n) is 3.95. The van der Waals surface area contributed by atoms with Gasteiger partial charge in [-0.15, -0.1) is 0 Å². The fourth-order valence-corrected chi connectivity index (χ4v) is 2.75. The van der Waals surface area contributed by atoms with Crippen molar-refractivity contribution in [1.82, 2.24) is 4.90 Å². The second-order valence-corrected chi connectivity index (χ2v) is 5.04. The van der Waals surface area contributed by atoms with Gasteiger partial charge in [-0.25, -0.2) is 0 Å². The quantitative estimate of drug-likeness (QED) is 0.883. The average molecular weight is 277 g/mol. The van der Waals surface area contributed by atoms with Crippen molar-refractivity contribution >= 4 is 11.9 Å². The van der Waals surface area contributed by atoms with Crippen LogP contribution in [0.3, 0.4) is 0 Å². The molecule has 2 aliphatic heterocycles. The van der Waals surface area contributed by atoms with Crippen molar-refractivity contribution in [3.63, 3.8) is 0 Å². The van der Waals surface area contributed by atoms with Crippen LogP contribution >= 0.6 is 0 Å².